The number of amides is 1. The van der Waals surface area contributed by atoms with Gasteiger partial charge in [-0.25, -0.2) is 4.98 Å². The molecule has 0 spiro atoms. The maximum atomic E-state index is 12.7. The first-order chi connectivity index (χ1) is 10.1. The molecule has 1 saturated heterocycles. The van der Waals surface area contributed by atoms with Gasteiger partial charge in [-0.3, -0.25) is 9.69 Å². The van der Waals surface area contributed by atoms with E-state index >= 15 is 0 Å². The number of hydrogen-bond donors (Lipinski definition) is 1. The molecule has 1 fully saturated rings. The summed E-state index contributed by atoms with van der Waals surface area (Å²) in [5, 5.41) is 2.99. The van der Waals surface area contributed by atoms with Gasteiger partial charge in [0.25, 0.3) is 5.91 Å². The summed E-state index contributed by atoms with van der Waals surface area (Å²) in [6, 6.07) is 2.31. The number of carbonyl (C=O) groups excluding carboxylic acids is 1. The van der Waals surface area contributed by atoms with Gasteiger partial charge in [0, 0.05) is 36.8 Å². The van der Waals surface area contributed by atoms with Gasteiger partial charge >= 0.3 is 0 Å². The third-order valence-corrected chi connectivity index (χ3v) is 4.53. The van der Waals surface area contributed by atoms with Crippen LogP contribution in [0.5, 0.6) is 0 Å². The largest absolute Gasteiger partial charge is 0.372 e. The fourth-order valence-electron chi connectivity index (χ4n) is 2.94. The molecule has 1 aliphatic heterocycles. The van der Waals surface area contributed by atoms with E-state index in [2.05, 4.69) is 45.0 Å². The molecule has 1 aromatic rings. The molecule has 5 nitrogen and oxygen atoms in total. The van der Waals surface area contributed by atoms with Crippen molar-refractivity contribution in [2.24, 2.45) is 0 Å². The molecule has 116 valence electrons. The number of carbonyl (C=O) groups is 1. The Balaban J connectivity index is 2.13. The zero-order chi connectivity index (χ0) is 15.4. The Morgan fingerprint density at radius 3 is 2.86 bits per heavy atom. The number of nitrogens with zero attached hydrogens (tertiary/aromatic N) is 3. The van der Waals surface area contributed by atoms with Crippen LogP contribution < -0.4 is 5.32 Å². The van der Waals surface area contributed by atoms with Crippen molar-refractivity contribution in [1.29, 1.82) is 0 Å². The summed E-state index contributed by atoms with van der Waals surface area (Å²) in [5.41, 5.74) is 0.632. The minimum Gasteiger partial charge on any atom is -0.372 e. The molecule has 0 bridgehead atoms. The summed E-state index contributed by atoms with van der Waals surface area (Å²) in [5.74, 6) is 0.692. The summed E-state index contributed by atoms with van der Waals surface area (Å²) in [4.78, 5) is 21.3. The van der Waals surface area contributed by atoms with Crippen molar-refractivity contribution in [2.45, 2.75) is 26.3 Å². The van der Waals surface area contributed by atoms with Gasteiger partial charge in [0.2, 0.25) is 0 Å². The van der Waals surface area contributed by atoms with Gasteiger partial charge in [0.15, 0.2) is 0 Å². The highest BCUT2D eigenvalue weighted by atomic mass is 79.9. The SMILES string of the molecule is CCN(CC)C1CCN(C(=O)c2cc(Br)cnc2NC)C1. The van der Waals surface area contributed by atoms with Gasteiger partial charge < -0.3 is 10.2 Å². The second-order valence-electron chi connectivity index (χ2n) is 5.21. The predicted octanol–water partition coefficient (Wildman–Crippen LogP) is 2.44. The minimum atomic E-state index is 0.0582. The van der Waals surface area contributed by atoms with Gasteiger partial charge in [-0.1, -0.05) is 13.8 Å². The second kappa shape index (κ2) is 7.22. The van der Waals surface area contributed by atoms with Crippen LogP contribution in [0.25, 0.3) is 0 Å². The fraction of sp³-hybridized carbons (Fsp3) is 0.600. The standard InChI is InChI=1S/C15H23BrN4O/c1-4-19(5-2)12-6-7-20(10-12)15(21)13-8-11(16)9-18-14(13)17-3/h8-9,12H,4-7,10H2,1-3H3,(H,17,18). The van der Waals surface area contributed by atoms with Crippen LogP contribution in [0, 0.1) is 0 Å². The molecular formula is C15H23BrN4O. The van der Waals surface area contributed by atoms with Crippen LogP contribution in [0.4, 0.5) is 5.82 Å². The quantitative estimate of drug-likeness (QED) is 0.882. The van der Waals surface area contributed by atoms with Gasteiger partial charge in [0.05, 0.1) is 5.56 Å². The molecule has 1 amide bonds. The van der Waals surface area contributed by atoms with Gasteiger partial charge in [-0.15, -0.1) is 0 Å². The Morgan fingerprint density at radius 2 is 2.24 bits per heavy atom. The fourth-order valence-corrected chi connectivity index (χ4v) is 3.27. The van der Waals surface area contributed by atoms with E-state index in [1.54, 1.807) is 13.2 Å². The lowest BCUT2D eigenvalue weighted by atomic mass is 10.2. The number of halogens is 1. The summed E-state index contributed by atoms with van der Waals surface area (Å²) in [6.07, 6.45) is 2.75. The number of likely N-dealkylation sites (tertiary alicyclic amines) is 1. The lowest BCUT2D eigenvalue weighted by Crippen LogP contribution is -2.38. The topological polar surface area (TPSA) is 48.5 Å². The van der Waals surface area contributed by atoms with Crippen LogP contribution in [0.1, 0.15) is 30.6 Å². The molecule has 6 heteroatoms. The van der Waals surface area contributed by atoms with Crippen molar-refractivity contribution in [3.8, 4) is 0 Å². The predicted molar refractivity (Wildman–Crippen MR) is 88.7 cm³/mol. The lowest BCUT2D eigenvalue weighted by molar-refractivity contribution is 0.0778. The van der Waals surface area contributed by atoms with Crippen LogP contribution in [0.3, 0.4) is 0 Å². The Morgan fingerprint density at radius 1 is 1.52 bits per heavy atom. The molecule has 1 atom stereocenters. The maximum absolute atomic E-state index is 12.7. The lowest BCUT2D eigenvalue weighted by Gasteiger charge is -2.26. The summed E-state index contributed by atoms with van der Waals surface area (Å²) in [6.45, 7) is 8.02. The first-order valence-corrected chi connectivity index (χ1v) is 8.26. The Kier molecular flexibility index (Phi) is 5.58. The third kappa shape index (κ3) is 3.55. The summed E-state index contributed by atoms with van der Waals surface area (Å²) < 4.78 is 0.823. The number of rotatable bonds is 5. The summed E-state index contributed by atoms with van der Waals surface area (Å²) in [7, 11) is 1.79. The van der Waals surface area contributed by atoms with Gasteiger partial charge in [-0.05, 0) is 41.5 Å². The first-order valence-electron chi connectivity index (χ1n) is 7.47. The molecule has 21 heavy (non-hydrogen) atoms. The van der Waals surface area contributed by atoms with Crippen LogP contribution >= 0.6 is 15.9 Å². The molecule has 2 heterocycles. The maximum Gasteiger partial charge on any atom is 0.257 e. The number of anilines is 1. The Bertz CT molecular complexity index is 504. The van der Waals surface area contributed by atoms with E-state index in [1.807, 2.05) is 11.0 Å². The zero-order valence-electron chi connectivity index (χ0n) is 12.9. The first kappa shape index (κ1) is 16.2. The van der Waals surface area contributed by atoms with Crippen molar-refractivity contribution >= 4 is 27.7 Å². The monoisotopic (exact) mass is 354 g/mol. The third-order valence-electron chi connectivity index (χ3n) is 4.10. The van der Waals surface area contributed by atoms with E-state index in [1.165, 1.54) is 0 Å². The van der Waals surface area contributed by atoms with E-state index in [0.29, 0.717) is 17.4 Å². The molecule has 1 aromatic heterocycles. The number of hydrogen-bond acceptors (Lipinski definition) is 4. The molecule has 1 N–H and O–H groups in total. The van der Waals surface area contributed by atoms with Crippen molar-refractivity contribution in [1.82, 2.24) is 14.8 Å². The molecule has 1 unspecified atom stereocenters. The zero-order valence-corrected chi connectivity index (χ0v) is 14.5. The molecule has 0 aliphatic carbocycles. The number of nitrogens with one attached hydrogen (secondary N) is 1. The average Bonchev–Trinajstić information content (AvgIpc) is 2.97. The minimum absolute atomic E-state index is 0.0582. The smallest absolute Gasteiger partial charge is 0.257 e. The Hall–Kier alpha value is -1.14. The molecule has 0 saturated carbocycles. The second-order valence-corrected chi connectivity index (χ2v) is 6.13. The van der Waals surface area contributed by atoms with E-state index in [0.717, 1.165) is 37.1 Å². The van der Waals surface area contributed by atoms with E-state index in [9.17, 15) is 4.79 Å². The molecule has 0 aromatic carbocycles. The van der Waals surface area contributed by atoms with Gasteiger partial charge in [-0.2, -0.15) is 0 Å². The van der Waals surface area contributed by atoms with Crippen molar-refractivity contribution in [3.05, 3.63) is 22.3 Å². The average molecular weight is 355 g/mol. The highest BCUT2D eigenvalue weighted by Crippen LogP contribution is 2.23. The van der Waals surface area contributed by atoms with E-state index < -0.39 is 0 Å². The molecular weight excluding hydrogens is 332 g/mol. The highest BCUT2D eigenvalue weighted by molar-refractivity contribution is 9.10. The molecule has 2 rings (SSSR count). The molecule has 0 radical (unpaired) electrons. The van der Waals surface area contributed by atoms with Crippen molar-refractivity contribution in [2.75, 3.05) is 38.5 Å². The molecule has 1 aliphatic rings. The van der Waals surface area contributed by atoms with Crippen LogP contribution in [-0.2, 0) is 0 Å². The van der Waals surface area contributed by atoms with Crippen LogP contribution in [0.15, 0.2) is 16.7 Å². The number of aromatic nitrogens is 1. The van der Waals surface area contributed by atoms with Crippen LogP contribution in [-0.4, -0.2) is 60.0 Å². The van der Waals surface area contributed by atoms with E-state index in [-0.39, 0.29) is 5.91 Å². The van der Waals surface area contributed by atoms with E-state index in [4.69, 9.17) is 0 Å². The normalized spacial score (nSPS) is 18.3. The van der Waals surface area contributed by atoms with Gasteiger partial charge in [0.1, 0.15) is 5.82 Å². The number of pyridine rings is 1. The summed E-state index contributed by atoms with van der Waals surface area (Å²) >= 11 is 3.39. The van der Waals surface area contributed by atoms with Crippen molar-refractivity contribution < 1.29 is 4.79 Å². The van der Waals surface area contributed by atoms with Crippen LogP contribution in [0.2, 0.25) is 0 Å². The highest BCUT2D eigenvalue weighted by Gasteiger charge is 2.30. The Labute approximate surface area is 134 Å². The number of likely N-dealkylation sites (N-methyl/N-ethyl adjacent to an activating group) is 1. The van der Waals surface area contributed by atoms with Crippen molar-refractivity contribution in [3.63, 3.8) is 0 Å².